The summed E-state index contributed by atoms with van der Waals surface area (Å²) in [6.07, 6.45) is 1.03. The van der Waals surface area contributed by atoms with Crippen LogP contribution in [0, 0.1) is 5.41 Å². The molecule has 0 aromatic heterocycles. The molecular formula is C15H21ClN2O2. The smallest absolute Gasteiger partial charge is 0.243 e. The van der Waals surface area contributed by atoms with E-state index in [0.717, 1.165) is 11.4 Å². The van der Waals surface area contributed by atoms with Crippen molar-refractivity contribution in [2.24, 2.45) is 11.1 Å². The molecule has 2 rings (SSSR count). The highest BCUT2D eigenvalue weighted by Gasteiger charge is 2.38. The number of ether oxygens (including phenoxy) is 1. The topological polar surface area (TPSA) is 64.3 Å². The minimum atomic E-state index is -0.441. The van der Waals surface area contributed by atoms with Gasteiger partial charge in [-0.2, -0.15) is 0 Å². The van der Waals surface area contributed by atoms with E-state index in [9.17, 15) is 4.79 Å². The molecule has 20 heavy (non-hydrogen) atoms. The number of amides is 1. The van der Waals surface area contributed by atoms with Crippen molar-refractivity contribution in [3.05, 3.63) is 34.3 Å². The molecular weight excluding hydrogens is 276 g/mol. The zero-order chi connectivity index (χ0) is 14.8. The second-order valence-electron chi connectivity index (χ2n) is 5.91. The van der Waals surface area contributed by atoms with Crippen LogP contribution >= 0.6 is 11.6 Å². The number of benzene rings is 1. The van der Waals surface area contributed by atoms with E-state index in [1.165, 1.54) is 11.1 Å². The van der Waals surface area contributed by atoms with Gasteiger partial charge in [-0.1, -0.05) is 31.5 Å². The standard InChI is InChI=1S/C15H21ClN2O2/c1-15(2)8-10-3-4-11(16)7-12(10)14(15)18-5-6-20-9-13(17)19/h3-4,7,14,18H,5-6,8-9H2,1-2H3,(H2,17,19). The summed E-state index contributed by atoms with van der Waals surface area (Å²) in [5.41, 5.74) is 7.76. The number of primary amides is 1. The van der Waals surface area contributed by atoms with Gasteiger partial charge >= 0.3 is 0 Å². The summed E-state index contributed by atoms with van der Waals surface area (Å²) in [5.74, 6) is -0.441. The van der Waals surface area contributed by atoms with Gasteiger partial charge in [0.2, 0.25) is 5.91 Å². The lowest BCUT2D eigenvalue weighted by molar-refractivity contribution is -0.122. The summed E-state index contributed by atoms with van der Waals surface area (Å²) >= 11 is 6.10. The maximum absolute atomic E-state index is 10.6. The van der Waals surface area contributed by atoms with Gasteiger partial charge in [0.05, 0.1) is 6.61 Å². The molecule has 1 aliphatic rings. The van der Waals surface area contributed by atoms with E-state index in [1.807, 2.05) is 12.1 Å². The molecule has 0 saturated carbocycles. The van der Waals surface area contributed by atoms with Gasteiger partial charge in [-0.25, -0.2) is 0 Å². The van der Waals surface area contributed by atoms with Crippen LogP contribution in [0.4, 0.5) is 0 Å². The molecule has 0 radical (unpaired) electrons. The Kier molecular flexibility index (Phi) is 4.68. The second-order valence-corrected chi connectivity index (χ2v) is 6.35. The molecule has 110 valence electrons. The van der Waals surface area contributed by atoms with Gasteiger partial charge in [0.1, 0.15) is 6.61 Å². The Balaban J connectivity index is 1.96. The molecule has 0 heterocycles. The molecule has 1 unspecified atom stereocenters. The van der Waals surface area contributed by atoms with Crippen molar-refractivity contribution in [1.29, 1.82) is 0 Å². The Morgan fingerprint density at radius 3 is 3.00 bits per heavy atom. The van der Waals surface area contributed by atoms with Crippen LogP contribution in [0.3, 0.4) is 0 Å². The molecule has 0 spiro atoms. The van der Waals surface area contributed by atoms with Crippen molar-refractivity contribution < 1.29 is 9.53 Å². The summed E-state index contributed by atoms with van der Waals surface area (Å²) in [7, 11) is 0. The summed E-state index contributed by atoms with van der Waals surface area (Å²) in [6.45, 7) is 5.59. The van der Waals surface area contributed by atoms with Crippen molar-refractivity contribution in [2.75, 3.05) is 19.8 Å². The average Bonchev–Trinajstić information content (AvgIpc) is 2.59. The monoisotopic (exact) mass is 296 g/mol. The number of nitrogens with one attached hydrogen (secondary N) is 1. The molecule has 3 N–H and O–H groups in total. The van der Waals surface area contributed by atoms with Crippen LogP contribution in [0.25, 0.3) is 0 Å². The Labute approximate surface area is 124 Å². The fourth-order valence-corrected chi connectivity index (χ4v) is 3.02. The molecule has 1 atom stereocenters. The molecule has 0 saturated heterocycles. The van der Waals surface area contributed by atoms with Crippen LogP contribution in [-0.2, 0) is 16.0 Å². The van der Waals surface area contributed by atoms with Crippen LogP contribution in [0.2, 0.25) is 5.02 Å². The third kappa shape index (κ3) is 3.51. The third-order valence-electron chi connectivity index (χ3n) is 3.69. The number of rotatable bonds is 6. The number of hydrogen-bond acceptors (Lipinski definition) is 3. The van der Waals surface area contributed by atoms with E-state index >= 15 is 0 Å². The van der Waals surface area contributed by atoms with E-state index in [2.05, 4.69) is 25.2 Å². The molecule has 1 amide bonds. The molecule has 0 fully saturated rings. The predicted molar refractivity (Wildman–Crippen MR) is 79.7 cm³/mol. The van der Waals surface area contributed by atoms with Gasteiger partial charge < -0.3 is 15.8 Å². The van der Waals surface area contributed by atoms with Crippen LogP contribution in [0.15, 0.2) is 18.2 Å². The summed E-state index contributed by atoms with van der Waals surface area (Å²) in [5, 5.41) is 4.26. The first-order valence-corrected chi connectivity index (χ1v) is 7.16. The lowest BCUT2D eigenvalue weighted by Crippen LogP contribution is -2.33. The van der Waals surface area contributed by atoms with E-state index in [1.54, 1.807) is 0 Å². The van der Waals surface area contributed by atoms with Crippen molar-refractivity contribution in [3.63, 3.8) is 0 Å². The van der Waals surface area contributed by atoms with Gasteiger partial charge in [0.25, 0.3) is 0 Å². The average molecular weight is 297 g/mol. The Morgan fingerprint density at radius 2 is 2.30 bits per heavy atom. The minimum absolute atomic E-state index is 0.0296. The summed E-state index contributed by atoms with van der Waals surface area (Å²) in [4.78, 5) is 10.6. The zero-order valence-electron chi connectivity index (χ0n) is 11.9. The van der Waals surface area contributed by atoms with Gasteiger partial charge in [0, 0.05) is 17.6 Å². The van der Waals surface area contributed by atoms with Crippen LogP contribution in [-0.4, -0.2) is 25.7 Å². The van der Waals surface area contributed by atoms with Crippen LogP contribution in [0.1, 0.15) is 31.0 Å². The molecule has 1 aromatic rings. The molecule has 1 aromatic carbocycles. The van der Waals surface area contributed by atoms with E-state index in [4.69, 9.17) is 22.1 Å². The number of carbonyl (C=O) groups is 1. The Bertz CT molecular complexity index is 503. The Morgan fingerprint density at radius 1 is 1.55 bits per heavy atom. The molecule has 4 nitrogen and oxygen atoms in total. The first-order chi connectivity index (χ1) is 9.40. The lowest BCUT2D eigenvalue weighted by Gasteiger charge is -2.28. The van der Waals surface area contributed by atoms with Crippen molar-refractivity contribution in [1.82, 2.24) is 5.32 Å². The van der Waals surface area contributed by atoms with E-state index < -0.39 is 5.91 Å². The molecule has 5 heteroatoms. The van der Waals surface area contributed by atoms with E-state index in [-0.39, 0.29) is 18.1 Å². The lowest BCUT2D eigenvalue weighted by atomic mass is 9.85. The van der Waals surface area contributed by atoms with Gasteiger partial charge in [0.15, 0.2) is 0 Å². The molecule has 0 bridgehead atoms. The van der Waals surface area contributed by atoms with E-state index in [0.29, 0.717) is 13.2 Å². The normalized spacial score (nSPS) is 19.9. The first kappa shape index (κ1) is 15.3. The highest BCUT2D eigenvalue weighted by Crippen LogP contribution is 2.45. The largest absolute Gasteiger partial charge is 0.370 e. The maximum atomic E-state index is 10.6. The number of carbonyl (C=O) groups excluding carboxylic acids is 1. The van der Waals surface area contributed by atoms with Crippen LogP contribution < -0.4 is 11.1 Å². The number of fused-ring (bicyclic) bond motifs is 1. The second kappa shape index (κ2) is 6.12. The van der Waals surface area contributed by atoms with Gasteiger partial charge in [-0.15, -0.1) is 0 Å². The predicted octanol–water partition coefficient (Wildman–Crippen LogP) is 2.05. The quantitative estimate of drug-likeness (QED) is 0.790. The first-order valence-electron chi connectivity index (χ1n) is 6.78. The highest BCUT2D eigenvalue weighted by molar-refractivity contribution is 6.30. The highest BCUT2D eigenvalue weighted by atomic mass is 35.5. The molecule has 1 aliphatic carbocycles. The van der Waals surface area contributed by atoms with Crippen molar-refractivity contribution in [2.45, 2.75) is 26.3 Å². The summed E-state index contributed by atoms with van der Waals surface area (Å²) < 4.78 is 5.17. The zero-order valence-corrected chi connectivity index (χ0v) is 12.7. The molecule has 0 aliphatic heterocycles. The maximum Gasteiger partial charge on any atom is 0.243 e. The number of hydrogen-bond donors (Lipinski definition) is 2. The van der Waals surface area contributed by atoms with Gasteiger partial charge in [-0.3, -0.25) is 4.79 Å². The summed E-state index contributed by atoms with van der Waals surface area (Å²) in [6, 6.07) is 6.32. The Hall–Kier alpha value is -1.10. The fourth-order valence-electron chi connectivity index (χ4n) is 2.84. The SMILES string of the molecule is CC1(C)Cc2ccc(Cl)cc2C1NCCOCC(N)=O. The number of halogens is 1. The number of nitrogens with two attached hydrogens (primary N) is 1. The van der Waals surface area contributed by atoms with Crippen molar-refractivity contribution >= 4 is 17.5 Å². The third-order valence-corrected chi connectivity index (χ3v) is 3.92. The van der Waals surface area contributed by atoms with Crippen LogP contribution in [0.5, 0.6) is 0 Å². The fraction of sp³-hybridized carbons (Fsp3) is 0.533. The minimum Gasteiger partial charge on any atom is -0.370 e. The van der Waals surface area contributed by atoms with Crippen molar-refractivity contribution in [3.8, 4) is 0 Å². The van der Waals surface area contributed by atoms with Gasteiger partial charge in [-0.05, 0) is 35.1 Å².